The van der Waals surface area contributed by atoms with E-state index in [0.29, 0.717) is 38.3 Å². The molecule has 1 amide bonds. The maximum atomic E-state index is 12.5. The second kappa shape index (κ2) is 8.65. The molecule has 1 aliphatic rings. The second-order valence-electron chi connectivity index (χ2n) is 9.17. The van der Waals surface area contributed by atoms with Crippen LogP contribution in [0.15, 0.2) is 48.5 Å². The number of fused-ring (bicyclic) bond motifs is 1. The average molecular weight is 435 g/mol. The van der Waals surface area contributed by atoms with Crippen LogP contribution in [0.4, 0.5) is 10.7 Å². The van der Waals surface area contributed by atoms with Gasteiger partial charge < -0.3 is 19.1 Å². The van der Waals surface area contributed by atoms with E-state index in [1.165, 1.54) is 0 Å². The Hall–Kier alpha value is -3.35. The maximum absolute atomic E-state index is 12.5. The fraction of sp³-hybridized carbons (Fsp3) is 0.400. The van der Waals surface area contributed by atoms with Gasteiger partial charge in [0.2, 0.25) is 5.95 Å². The number of benzene rings is 2. The van der Waals surface area contributed by atoms with E-state index in [-0.39, 0.29) is 11.9 Å². The lowest BCUT2D eigenvalue weighted by Crippen LogP contribution is -2.50. The van der Waals surface area contributed by atoms with Gasteiger partial charge >= 0.3 is 6.09 Å². The Morgan fingerprint density at radius 3 is 2.28 bits per heavy atom. The molecule has 168 valence electrons. The quantitative estimate of drug-likeness (QED) is 0.571. The van der Waals surface area contributed by atoms with Crippen LogP contribution in [0.2, 0.25) is 0 Å². The summed E-state index contributed by atoms with van der Waals surface area (Å²) in [6, 6.07) is 16.0. The second-order valence-corrected chi connectivity index (χ2v) is 9.17. The molecule has 0 aliphatic carbocycles. The number of aromatic nitrogens is 2. The van der Waals surface area contributed by atoms with Gasteiger partial charge in [-0.3, -0.25) is 4.79 Å². The van der Waals surface area contributed by atoms with Crippen molar-refractivity contribution in [3.63, 3.8) is 0 Å². The Labute approximate surface area is 188 Å². The van der Waals surface area contributed by atoms with Gasteiger partial charge in [0.1, 0.15) is 11.1 Å². The molecule has 2 aromatic carbocycles. The molecule has 1 aliphatic heterocycles. The normalized spacial score (nSPS) is 14.6. The first-order valence-corrected chi connectivity index (χ1v) is 11.0. The molecule has 7 nitrogen and oxygen atoms in total. The van der Waals surface area contributed by atoms with Crippen LogP contribution in [-0.4, -0.2) is 58.1 Å². The first-order chi connectivity index (χ1) is 15.2. The molecule has 7 heteroatoms. The van der Waals surface area contributed by atoms with E-state index in [4.69, 9.17) is 9.72 Å². The maximum Gasteiger partial charge on any atom is 0.410 e. The molecule has 0 unspecified atom stereocenters. The number of ether oxygens (including phenoxy) is 1. The minimum atomic E-state index is -0.513. The number of carbonyl (C=O) groups is 2. The summed E-state index contributed by atoms with van der Waals surface area (Å²) in [5.41, 5.74) is 2.93. The largest absolute Gasteiger partial charge is 0.444 e. The number of nitrogens with zero attached hydrogens (tertiary/aromatic N) is 4. The molecule has 2 heterocycles. The number of rotatable bonds is 4. The number of para-hydroxylation sites is 1. The van der Waals surface area contributed by atoms with E-state index in [0.717, 1.165) is 22.5 Å². The number of Topliss-reactive ketones (excluding diaryl/α,β-unsaturated/α-hetero) is 1. The van der Waals surface area contributed by atoms with Crippen molar-refractivity contribution in [3.8, 4) is 0 Å². The minimum Gasteiger partial charge on any atom is -0.444 e. The van der Waals surface area contributed by atoms with Crippen LogP contribution in [-0.2, 0) is 11.3 Å². The summed E-state index contributed by atoms with van der Waals surface area (Å²) >= 11 is 0. The van der Waals surface area contributed by atoms with Gasteiger partial charge in [-0.15, -0.1) is 0 Å². The Bertz CT molecular complexity index is 1120. The van der Waals surface area contributed by atoms with Crippen LogP contribution in [0.25, 0.3) is 11.0 Å². The van der Waals surface area contributed by atoms with E-state index in [9.17, 15) is 9.59 Å². The predicted octanol–water partition coefficient (Wildman–Crippen LogP) is 4.34. The Balaban J connectivity index is 1.65. The number of hydrogen-bond donors (Lipinski definition) is 0. The number of ketones is 1. The van der Waals surface area contributed by atoms with E-state index in [1.54, 1.807) is 11.8 Å². The predicted molar refractivity (Wildman–Crippen MR) is 125 cm³/mol. The standard InChI is InChI=1S/C25H30N4O3/c1-18(30)20-11-8-12-21-22(20)26-23(29(21)17-19-9-6-5-7-10-19)27-13-15-28(16-14-27)24(31)32-25(2,3)4/h5-12H,13-17H2,1-4H3. The van der Waals surface area contributed by atoms with Crippen molar-refractivity contribution in [1.29, 1.82) is 0 Å². The minimum absolute atomic E-state index is 0.00116. The highest BCUT2D eigenvalue weighted by molar-refractivity contribution is 6.05. The lowest BCUT2D eigenvalue weighted by Gasteiger charge is -2.36. The molecule has 0 atom stereocenters. The highest BCUT2D eigenvalue weighted by atomic mass is 16.6. The third-order valence-corrected chi connectivity index (χ3v) is 5.54. The van der Waals surface area contributed by atoms with E-state index in [2.05, 4.69) is 21.6 Å². The first-order valence-electron chi connectivity index (χ1n) is 11.0. The van der Waals surface area contributed by atoms with Gasteiger partial charge in [-0.05, 0) is 45.4 Å². The van der Waals surface area contributed by atoms with Crippen molar-refractivity contribution in [2.75, 3.05) is 31.1 Å². The van der Waals surface area contributed by atoms with Crippen molar-refractivity contribution in [2.45, 2.75) is 39.8 Å². The van der Waals surface area contributed by atoms with Gasteiger partial charge in [-0.25, -0.2) is 9.78 Å². The summed E-state index contributed by atoms with van der Waals surface area (Å²) in [5, 5.41) is 0. The van der Waals surface area contributed by atoms with Gasteiger partial charge in [0.15, 0.2) is 5.78 Å². The van der Waals surface area contributed by atoms with Gasteiger partial charge in [0.05, 0.1) is 12.1 Å². The number of carbonyl (C=O) groups excluding carboxylic acids is 2. The third-order valence-electron chi connectivity index (χ3n) is 5.54. The zero-order valence-electron chi connectivity index (χ0n) is 19.2. The summed E-state index contributed by atoms with van der Waals surface area (Å²) < 4.78 is 7.69. The zero-order chi connectivity index (χ0) is 22.9. The number of imidazole rings is 1. The number of anilines is 1. The van der Waals surface area contributed by atoms with Crippen molar-refractivity contribution in [3.05, 3.63) is 59.7 Å². The van der Waals surface area contributed by atoms with Gasteiger partial charge in [0, 0.05) is 31.7 Å². The lowest BCUT2D eigenvalue weighted by atomic mass is 10.1. The summed E-state index contributed by atoms with van der Waals surface area (Å²) in [4.78, 5) is 33.5. The van der Waals surface area contributed by atoms with Crippen LogP contribution < -0.4 is 4.90 Å². The molecular formula is C25H30N4O3. The fourth-order valence-electron chi connectivity index (χ4n) is 4.00. The molecule has 0 bridgehead atoms. The van der Waals surface area contributed by atoms with Crippen LogP contribution >= 0.6 is 0 Å². The molecule has 3 aromatic rings. The molecule has 0 radical (unpaired) electrons. The highest BCUT2D eigenvalue weighted by Crippen LogP contribution is 2.28. The topological polar surface area (TPSA) is 67.7 Å². The Morgan fingerprint density at radius 1 is 0.969 bits per heavy atom. The van der Waals surface area contributed by atoms with E-state index in [1.807, 2.05) is 57.2 Å². The van der Waals surface area contributed by atoms with Gasteiger partial charge in [-0.1, -0.05) is 36.4 Å². The van der Waals surface area contributed by atoms with Crippen molar-refractivity contribution in [1.82, 2.24) is 14.5 Å². The number of hydrogen-bond acceptors (Lipinski definition) is 5. The van der Waals surface area contributed by atoms with Crippen LogP contribution in [0.5, 0.6) is 0 Å². The van der Waals surface area contributed by atoms with Gasteiger partial charge in [0.25, 0.3) is 0 Å². The van der Waals surface area contributed by atoms with Crippen LogP contribution in [0.3, 0.4) is 0 Å². The lowest BCUT2D eigenvalue weighted by molar-refractivity contribution is 0.0240. The molecule has 1 aromatic heterocycles. The summed E-state index contributed by atoms with van der Waals surface area (Å²) in [7, 11) is 0. The molecule has 1 fully saturated rings. The summed E-state index contributed by atoms with van der Waals surface area (Å²) in [6.45, 7) is 10.3. The monoisotopic (exact) mass is 434 g/mol. The molecule has 32 heavy (non-hydrogen) atoms. The van der Waals surface area contributed by atoms with Crippen LogP contribution in [0.1, 0.15) is 43.6 Å². The number of piperazine rings is 1. The van der Waals surface area contributed by atoms with Crippen molar-refractivity contribution >= 4 is 28.9 Å². The van der Waals surface area contributed by atoms with Crippen molar-refractivity contribution < 1.29 is 14.3 Å². The fourth-order valence-corrected chi connectivity index (χ4v) is 4.00. The molecular weight excluding hydrogens is 404 g/mol. The zero-order valence-corrected chi connectivity index (χ0v) is 19.2. The van der Waals surface area contributed by atoms with E-state index >= 15 is 0 Å². The summed E-state index contributed by atoms with van der Waals surface area (Å²) in [6.07, 6.45) is -0.284. The third kappa shape index (κ3) is 4.61. The van der Waals surface area contributed by atoms with Crippen molar-refractivity contribution in [2.24, 2.45) is 0 Å². The van der Waals surface area contributed by atoms with Gasteiger partial charge in [-0.2, -0.15) is 0 Å². The van der Waals surface area contributed by atoms with Crippen LogP contribution in [0, 0.1) is 0 Å². The molecule has 0 saturated carbocycles. The first kappa shape index (κ1) is 21.9. The smallest absolute Gasteiger partial charge is 0.410 e. The Kier molecular flexibility index (Phi) is 5.91. The summed E-state index contributed by atoms with van der Waals surface area (Å²) in [5.74, 6) is 0.822. The number of amides is 1. The SMILES string of the molecule is CC(=O)c1cccc2c1nc(N1CCN(C(=O)OC(C)(C)C)CC1)n2Cc1ccccc1. The highest BCUT2D eigenvalue weighted by Gasteiger charge is 2.28. The van der Waals surface area contributed by atoms with E-state index < -0.39 is 5.60 Å². The molecule has 0 spiro atoms. The average Bonchev–Trinajstić information content (AvgIpc) is 3.11. The molecule has 1 saturated heterocycles. The molecule has 4 rings (SSSR count). The Morgan fingerprint density at radius 2 is 1.66 bits per heavy atom. The molecule has 0 N–H and O–H groups in total.